The van der Waals surface area contributed by atoms with E-state index >= 15 is 0 Å². The van der Waals surface area contributed by atoms with E-state index in [0.717, 1.165) is 17.1 Å². The van der Waals surface area contributed by atoms with Crippen molar-refractivity contribution in [1.82, 2.24) is 9.38 Å². The van der Waals surface area contributed by atoms with Crippen molar-refractivity contribution in [2.75, 3.05) is 17.2 Å². The third-order valence-electron chi connectivity index (χ3n) is 2.98. The van der Waals surface area contributed by atoms with Gasteiger partial charge in [0, 0.05) is 17.9 Å². The first-order valence-electron chi connectivity index (χ1n) is 5.27. The van der Waals surface area contributed by atoms with Crippen LogP contribution in [0.3, 0.4) is 0 Å². The highest BCUT2D eigenvalue weighted by molar-refractivity contribution is 7.99. The van der Waals surface area contributed by atoms with E-state index in [-0.39, 0.29) is 0 Å². The fourth-order valence-corrected chi connectivity index (χ4v) is 3.67. The molecule has 0 spiro atoms. The van der Waals surface area contributed by atoms with Crippen molar-refractivity contribution in [1.29, 1.82) is 0 Å². The topological polar surface area (TPSA) is 43.3 Å². The van der Waals surface area contributed by atoms with Gasteiger partial charge in [0.15, 0.2) is 5.15 Å². The van der Waals surface area contributed by atoms with Crippen molar-refractivity contribution < 1.29 is 0 Å². The summed E-state index contributed by atoms with van der Waals surface area (Å²) in [4.78, 5) is 4.47. The fourth-order valence-electron chi connectivity index (χ4n) is 2.17. The highest BCUT2D eigenvalue weighted by Gasteiger charge is 2.23. The van der Waals surface area contributed by atoms with Gasteiger partial charge in [0.25, 0.3) is 0 Å². The zero-order valence-electron chi connectivity index (χ0n) is 8.69. The van der Waals surface area contributed by atoms with E-state index < -0.39 is 0 Å². The predicted molar refractivity (Wildman–Crippen MR) is 69.3 cm³/mol. The highest BCUT2D eigenvalue weighted by atomic mass is 35.5. The average molecular weight is 254 g/mol. The van der Waals surface area contributed by atoms with Gasteiger partial charge in [-0.1, -0.05) is 11.6 Å². The Hall–Kier alpha value is -0.870. The van der Waals surface area contributed by atoms with Gasteiger partial charge in [0.05, 0.1) is 5.69 Å². The van der Waals surface area contributed by atoms with Crippen LogP contribution in [-0.4, -0.2) is 20.9 Å². The van der Waals surface area contributed by atoms with Crippen molar-refractivity contribution in [3.8, 4) is 0 Å². The minimum atomic E-state index is 0.506. The molecule has 0 aliphatic carbocycles. The summed E-state index contributed by atoms with van der Waals surface area (Å²) in [6.07, 6.45) is 3.16. The van der Waals surface area contributed by atoms with Gasteiger partial charge in [-0.2, -0.15) is 11.8 Å². The van der Waals surface area contributed by atoms with Crippen LogP contribution in [0.4, 0.5) is 5.69 Å². The molecule has 1 aliphatic heterocycles. The lowest BCUT2D eigenvalue weighted by Gasteiger charge is -2.07. The standard InChI is InChI=1S/C11H12ClN3S/c12-10-9-8(13)2-1-4-15(9)11(14-10)7-3-5-16-6-7/h1-2,4,7H,3,5-6,13H2. The Labute approximate surface area is 103 Å². The number of rotatable bonds is 1. The van der Waals surface area contributed by atoms with Crippen LogP contribution < -0.4 is 5.73 Å². The van der Waals surface area contributed by atoms with Gasteiger partial charge >= 0.3 is 0 Å². The van der Waals surface area contributed by atoms with Gasteiger partial charge in [-0.15, -0.1) is 0 Å². The van der Waals surface area contributed by atoms with Crippen molar-refractivity contribution in [2.45, 2.75) is 12.3 Å². The molecular weight excluding hydrogens is 242 g/mol. The summed E-state index contributed by atoms with van der Waals surface area (Å²) in [6, 6.07) is 3.79. The second-order valence-electron chi connectivity index (χ2n) is 4.00. The monoisotopic (exact) mass is 253 g/mol. The smallest absolute Gasteiger partial charge is 0.157 e. The lowest BCUT2D eigenvalue weighted by molar-refractivity contribution is 0.714. The first-order chi connectivity index (χ1) is 7.77. The lowest BCUT2D eigenvalue weighted by Crippen LogP contribution is -2.03. The van der Waals surface area contributed by atoms with Gasteiger partial charge < -0.3 is 10.1 Å². The molecule has 0 amide bonds. The summed E-state index contributed by atoms with van der Waals surface area (Å²) in [7, 11) is 0. The van der Waals surface area contributed by atoms with Crippen LogP contribution in [0.5, 0.6) is 0 Å². The SMILES string of the molecule is Nc1cccn2c(C3CCSC3)nc(Cl)c12. The number of nitrogens with two attached hydrogens (primary N) is 1. The maximum Gasteiger partial charge on any atom is 0.157 e. The second-order valence-corrected chi connectivity index (χ2v) is 5.51. The summed E-state index contributed by atoms with van der Waals surface area (Å²) < 4.78 is 2.04. The maximum absolute atomic E-state index is 6.14. The number of pyridine rings is 1. The number of anilines is 1. The molecule has 84 valence electrons. The lowest BCUT2D eigenvalue weighted by atomic mass is 10.1. The molecule has 1 atom stereocenters. The number of aromatic nitrogens is 2. The molecule has 1 saturated heterocycles. The van der Waals surface area contributed by atoms with E-state index in [1.807, 2.05) is 34.5 Å². The van der Waals surface area contributed by atoms with Crippen LogP contribution in [0.25, 0.3) is 5.52 Å². The fraction of sp³-hybridized carbons (Fsp3) is 0.364. The van der Waals surface area contributed by atoms with Crippen molar-refractivity contribution >= 4 is 34.6 Å². The molecule has 0 aromatic carbocycles. The number of thioether (sulfide) groups is 1. The first-order valence-corrected chi connectivity index (χ1v) is 6.80. The Morgan fingerprint density at radius 1 is 1.56 bits per heavy atom. The molecule has 0 bridgehead atoms. The van der Waals surface area contributed by atoms with E-state index in [0.29, 0.717) is 16.8 Å². The zero-order chi connectivity index (χ0) is 11.1. The van der Waals surface area contributed by atoms with Crippen LogP contribution in [0.2, 0.25) is 5.15 Å². The Bertz CT molecular complexity index is 531. The average Bonchev–Trinajstić information content (AvgIpc) is 2.86. The van der Waals surface area contributed by atoms with Crippen LogP contribution in [0.15, 0.2) is 18.3 Å². The molecule has 0 saturated carbocycles. The number of hydrogen-bond acceptors (Lipinski definition) is 3. The van der Waals surface area contributed by atoms with E-state index in [4.69, 9.17) is 17.3 Å². The van der Waals surface area contributed by atoms with Crippen LogP contribution in [0.1, 0.15) is 18.2 Å². The Morgan fingerprint density at radius 2 is 2.44 bits per heavy atom. The van der Waals surface area contributed by atoms with E-state index in [1.54, 1.807) is 0 Å². The van der Waals surface area contributed by atoms with Crippen LogP contribution >= 0.6 is 23.4 Å². The quantitative estimate of drug-likeness (QED) is 0.850. The molecule has 1 fully saturated rings. The van der Waals surface area contributed by atoms with Gasteiger partial charge in [-0.05, 0) is 24.3 Å². The van der Waals surface area contributed by atoms with Crippen molar-refractivity contribution in [3.05, 3.63) is 29.3 Å². The van der Waals surface area contributed by atoms with Gasteiger partial charge in [-0.3, -0.25) is 0 Å². The Morgan fingerprint density at radius 3 is 3.19 bits per heavy atom. The number of hydrogen-bond donors (Lipinski definition) is 1. The zero-order valence-corrected chi connectivity index (χ0v) is 10.3. The third kappa shape index (κ3) is 1.48. The van der Waals surface area contributed by atoms with E-state index in [1.165, 1.54) is 12.2 Å². The van der Waals surface area contributed by atoms with Crippen molar-refractivity contribution in [3.63, 3.8) is 0 Å². The number of nitrogens with zero attached hydrogens (tertiary/aromatic N) is 2. The van der Waals surface area contributed by atoms with Gasteiger partial charge in [0.1, 0.15) is 11.3 Å². The Kier molecular flexibility index (Phi) is 2.48. The van der Waals surface area contributed by atoms with Gasteiger partial charge in [-0.25, -0.2) is 4.98 Å². The van der Waals surface area contributed by atoms with Crippen LogP contribution in [0, 0.1) is 0 Å². The predicted octanol–water partition coefficient (Wildman–Crippen LogP) is 2.79. The molecule has 2 aromatic heterocycles. The minimum Gasteiger partial charge on any atom is -0.397 e. The third-order valence-corrected chi connectivity index (χ3v) is 4.40. The number of halogens is 1. The maximum atomic E-state index is 6.14. The molecule has 2 aromatic rings. The van der Waals surface area contributed by atoms with Crippen molar-refractivity contribution in [2.24, 2.45) is 0 Å². The Balaban J connectivity index is 2.22. The summed E-state index contributed by atoms with van der Waals surface area (Å²) >= 11 is 8.11. The molecular formula is C11H12ClN3S. The van der Waals surface area contributed by atoms with E-state index in [2.05, 4.69) is 4.98 Å². The molecule has 1 unspecified atom stereocenters. The van der Waals surface area contributed by atoms with E-state index in [9.17, 15) is 0 Å². The molecule has 3 heterocycles. The minimum absolute atomic E-state index is 0.506. The largest absolute Gasteiger partial charge is 0.397 e. The molecule has 5 heteroatoms. The normalized spacial score (nSPS) is 20.7. The molecule has 3 rings (SSSR count). The number of nitrogen functional groups attached to an aromatic ring is 1. The first kappa shape index (κ1) is 10.3. The second kappa shape index (κ2) is 3.86. The summed E-state index contributed by atoms with van der Waals surface area (Å²) in [5, 5.41) is 0.519. The van der Waals surface area contributed by atoms with Gasteiger partial charge in [0.2, 0.25) is 0 Å². The van der Waals surface area contributed by atoms with Crippen LogP contribution in [-0.2, 0) is 0 Å². The highest BCUT2D eigenvalue weighted by Crippen LogP contribution is 2.34. The number of imidazole rings is 1. The summed E-state index contributed by atoms with van der Waals surface area (Å²) in [5.74, 6) is 3.90. The molecule has 0 radical (unpaired) electrons. The molecule has 3 nitrogen and oxygen atoms in total. The molecule has 1 aliphatic rings. The molecule has 2 N–H and O–H groups in total. The number of fused-ring (bicyclic) bond motifs is 1. The summed E-state index contributed by atoms with van der Waals surface area (Å²) in [6.45, 7) is 0. The molecule has 16 heavy (non-hydrogen) atoms. The summed E-state index contributed by atoms with van der Waals surface area (Å²) in [5.41, 5.74) is 7.45.